The second kappa shape index (κ2) is 3.85. The van der Waals surface area contributed by atoms with Crippen LogP contribution in [0.4, 0.5) is 11.4 Å². The third kappa shape index (κ3) is 1.56. The van der Waals surface area contributed by atoms with Crippen LogP contribution < -0.4 is 10.2 Å². The average Bonchev–Trinajstić information content (AvgIpc) is 2.29. The molecular weight excluding hydrogens is 220 g/mol. The smallest absolute Gasteiger partial charge is 0.0603 e. The molecule has 2 nitrogen and oxygen atoms in total. The summed E-state index contributed by atoms with van der Waals surface area (Å²) in [5.41, 5.74) is 2.48. The van der Waals surface area contributed by atoms with Crippen LogP contribution in [0.2, 0.25) is 5.02 Å². The van der Waals surface area contributed by atoms with Crippen molar-refractivity contribution in [3.8, 4) is 0 Å². The fourth-order valence-electron chi connectivity index (χ4n) is 3.05. The standard InChI is InChI=1S/C13H17ClN2/c1-16-12-5-3-2-4-10(12)15-11-8-9(14)6-7-13(11)16/h6-8,10,12,15H,2-5H2,1H3. The first-order valence-corrected chi connectivity index (χ1v) is 6.42. The normalized spacial score (nSPS) is 28.0. The van der Waals surface area contributed by atoms with Crippen molar-refractivity contribution >= 4 is 23.0 Å². The lowest BCUT2D eigenvalue weighted by Crippen LogP contribution is -2.50. The van der Waals surface area contributed by atoms with Gasteiger partial charge in [-0.2, -0.15) is 0 Å². The maximum atomic E-state index is 6.04. The molecule has 0 saturated heterocycles. The van der Waals surface area contributed by atoms with Crippen LogP contribution >= 0.6 is 11.6 Å². The quantitative estimate of drug-likeness (QED) is 0.742. The van der Waals surface area contributed by atoms with Crippen molar-refractivity contribution in [1.29, 1.82) is 0 Å². The van der Waals surface area contributed by atoms with E-state index in [4.69, 9.17) is 11.6 Å². The van der Waals surface area contributed by atoms with E-state index in [0.29, 0.717) is 12.1 Å². The summed E-state index contributed by atoms with van der Waals surface area (Å²) in [7, 11) is 2.20. The molecule has 1 saturated carbocycles. The van der Waals surface area contributed by atoms with Gasteiger partial charge in [0.2, 0.25) is 0 Å². The number of benzene rings is 1. The first-order valence-electron chi connectivity index (χ1n) is 6.04. The van der Waals surface area contributed by atoms with Crippen molar-refractivity contribution < 1.29 is 0 Å². The van der Waals surface area contributed by atoms with Gasteiger partial charge in [0.05, 0.1) is 11.4 Å². The Hall–Kier alpha value is -0.890. The number of halogens is 1. The molecule has 2 aliphatic rings. The summed E-state index contributed by atoms with van der Waals surface area (Å²) in [6.07, 6.45) is 5.28. The molecule has 0 spiro atoms. The highest BCUT2D eigenvalue weighted by Crippen LogP contribution is 2.39. The van der Waals surface area contributed by atoms with Gasteiger partial charge in [0, 0.05) is 24.2 Å². The van der Waals surface area contributed by atoms with Crippen LogP contribution in [0.3, 0.4) is 0 Å². The minimum atomic E-state index is 0.602. The molecule has 1 N–H and O–H groups in total. The van der Waals surface area contributed by atoms with Gasteiger partial charge in [0.1, 0.15) is 0 Å². The van der Waals surface area contributed by atoms with Gasteiger partial charge in [-0.1, -0.05) is 24.4 Å². The lowest BCUT2D eigenvalue weighted by molar-refractivity contribution is 0.385. The van der Waals surface area contributed by atoms with Crippen LogP contribution in [0.15, 0.2) is 18.2 Å². The van der Waals surface area contributed by atoms with Crippen molar-refractivity contribution in [2.75, 3.05) is 17.3 Å². The monoisotopic (exact) mass is 236 g/mol. The van der Waals surface area contributed by atoms with E-state index >= 15 is 0 Å². The molecule has 1 aliphatic carbocycles. The molecule has 1 heterocycles. The third-order valence-corrected chi connectivity index (χ3v) is 4.14. The summed E-state index contributed by atoms with van der Waals surface area (Å²) < 4.78 is 0. The molecule has 2 atom stereocenters. The molecule has 0 aromatic heterocycles. The molecule has 16 heavy (non-hydrogen) atoms. The van der Waals surface area contributed by atoms with Gasteiger partial charge in [-0.05, 0) is 31.0 Å². The molecule has 0 bridgehead atoms. The Morgan fingerprint density at radius 2 is 2.12 bits per heavy atom. The Morgan fingerprint density at radius 3 is 3.00 bits per heavy atom. The van der Waals surface area contributed by atoms with E-state index in [9.17, 15) is 0 Å². The number of nitrogens with one attached hydrogen (secondary N) is 1. The highest BCUT2D eigenvalue weighted by Gasteiger charge is 2.33. The van der Waals surface area contributed by atoms with Gasteiger partial charge in [-0.3, -0.25) is 0 Å². The van der Waals surface area contributed by atoms with Crippen LogP contribution in [-0.2, 0) is 0 Å². The summed E-state index contributed by atoms with van der Waals surface area (Å²) in [5.74, 6) is 0. The maximum absolute atomic E-state index is 6.04. The number of likely N-dealkylation sites (N-methyl/N-ethyl adjacent to an activating group) is 1. The summed E-state index contributed by atoms with van der Waals surface area (Å²) in [5, 5.41) is 4.46. The zero-order chi connectivity index (χ0) is 11.1. The van der Waals surface area contributed by atoms with Gasteiger partial charge in [-0.15, -0.1) is 0 Å². The highest BCUT2D eigenvalue weighted by molar-refractivity contribution is 6.31. The van der Waals surface area contributed by atoms with Gasteiger partial charge in [-0.25, -0.2) is 0 Å². The van der Waals surface area contributed by atoms with E-state index in [1.807, 2.05) is 12.1 Å². The summed E-state index contributed by atoms with van der Waals surface area (Å²) in [6, 6.07) is 7.39. The van der Waals surface area contributed by atoms with Crippen molar-refractivity contribution in [3.63, 3.8) is 0 Å². The van der Waals surface area contributed by atoms with E-state index < -0.39 is 0 Å². The lowest BCUT2D eigenvalue weighted by atomic mass is 9.87. The molecule has 2 unspecified atom stereocenters. The summed E-state index contributed by atoms with van der Waals surface area (Å²) in [4.78, 5) is 2.42. The van der Waals surface area contributed by atoms with Crippen molar-refractivity contribution in [2.45, 2.75) is 37.8 Å². The van der Waals surface area contributed by atoms with E-state index in [1.54, 1.807) is 0 Å². The topological polar surface area (TPSA) is 15.3 Å². The van der Waals surface area contributed by atoms with Crippen LogP contribution in [0.1, 0.15) is 25.7 Å². The van der Waals surface area contributed by atoms with Gasteiger partial charge >= 0.3 is 0 Å². The number of rotatable bonds is 0. The van der Waals surface area contributed by atoms with E-state index in [0.717, 1.165) is 5.02 Å². The number of hydrogen-bond donors (Lipinski definition) is 1. The fraction of sp³-hybridized carbons (Fsp3) is 0.538. The largest absolute Gasteiger partial charge is 0.379 e. The van der Waals surface area contributed by atoms with Crippen LogP contribution in [-0.4, -0.2) is 19.1 Å². The molecule has 1 aromatic rings. The van der Waals surface area contributed by atoms with Crippen LogP contribution in [0.25, 0.3) is 0 Å². The van der Waals surface area contributed by atoms with Crippen LogP contribution in [0.5, 0.6) is 0 Å². The second-order valence-corrected chi connectivity index (χ2v) is 5.31. The predicted octanol–water partition coefficient (Wildman–Crippen LogP) is 3.51. The molecule has 0 amide bonds. The first-order chi connectivity index (χ1) is 7.75. The molecular formula is C13H17ClN2. The third-order valence-electron chi connectivity index (χ3n) is 3.91. The molecule has 3 heteroatoms. The van der Waals surface area contributed by atoms with E-state index in [-0.39, 0.29) is 0 Å². The van der Waals surface area contributed by atoms with Crippen molar-refractivity contribution in [3.05, 3.63) is 23.2 Å². The zero-order valence-electron chi connectivity index (χ0n) is 9.54. The number of fused-ring (bicyclic) bond motifs is 2. The predicted molar refractivity (Wildman–Crippen MR) is 69.5 cm³/mol. The Labute approximate surface area is 102 Å². The minimum Gasteiger partial charge on any atom is -0.379 e. The lowest BCUT2D eigenvalue weighted by Gasteiger charge is -2.45. The van der Waals surface area contributed by atoms with E-state index in [1.165, 1.54) is 37.1 Å². The fourth-order valence-corrected chi connectivity index (χ4v) is 3.23. The number of hydrogen-bond acceptors (Lipinski definition) is 2. The number of anilines is 2. The molecule has 3 rings (SSSR count). The molecule has 86 valence electrons. The van der Waals surface area contributed by atoms with Gasteiger partial charge in [0.15, 0.2) is 0 Å². The first kappa shape index (κ1) is 10.3. The minimum absolute atomic E-state index is 0.602. The SMILES string of the molecule is CN1c2ccc(Cl)cc2NC2CCCCC21. The van der Waals surface area contributed by atoms with Crippen molar-refractivity contribution in [1.82, 2.24) is 0 Å². The summed E-state index contributed by atoms with van der Waals surface area (Å²) >= 11 is 6.04. The Morgan fingerprint density at radius 1 is 1.31 bits per heavy atom. The Bertz CT molecular complexity index is 405. The molecule has 1 aliphatic heterocycles. The molecule has 0 radical (unpaired) electrons. The van der Waals surface area contributed by atoms with Crippen molar-refractivity contribution in [2.24, 2.45) is 0 Å². The van der Waals surface area contributed by atoms with E-state index in [2.05, 4.69) is 23.3 Å². The maximum Gasteiger partial charge on any atom is 0.0603 e. The molecule has 1 aromatic carbocycles. The Balaban J connectivity index is 1.99. The van der Waals surface area contributed by atoms with Crippen LogP contribution in [0, 0.1) is 0 Å². The highest BCUT2D eigenvalue weighted by atomic mass is 35.5. The zero-order valence-corrected chi connectivity index (χ0v) is 10.3. The molecule has 1 fully saturated rings. The average molecular weight is 237 g/mol. The second-order valence-electron chi connectivity index (χ2n) is 4.88. The summed E-state index contributed by atoms with van der Waals surface area (Å²) in [6.45, 7) is 0. The number of nitrogens with zero attached hydrogens (tertiary/aromatic N) is 1. The van der Waals surface area contributed by atoms with Gasteiger partial charge < -0.3 is 10.2 Å². The van der Waals surface area contributed by atoms with Gasteiger partial charge in [0.25, 0.3) is 0 Å². The Kier molecular flexibility index (Phi) is 2.47.